The maximum atomic E-state index is 13.2. The average molecular weight is 496 g/mol. The second-order valence-corrected chi connectivity index (χ2v) is 10.4. The molecule has 0 aliphatic carbocycles. The topological polar surface area (TPSA) is 101 Å². The van der Waals surface area contributed by atoms with Gasteiger partial charge in [0.05, 0.1) is 10.3 Å². The van der Waals surface area contributed by atoms with Gasteiger partial charge in [0.1, 0.15) is 0 Å². The number of benzene rings is 2. The lowest BCUT2D eigenvalue weighted by molar-refractivity contribution is -0.387. The number of sulfonamides is 1. The number of halogens is 1. The Morgan fingerprint density at radius 2 is 1.70 bits per heavy atom. The lowest BCUT2D eigenvalue weighted by Gasteiger charge is -2.38. The van der Waals surface area contributed by atoms with Crippen LogP contribution < -0.4 is 0 Å². The maximum Gasteiger partial charge on any atom is 0.289 e. The molecule has 3 rings (SSSR count). The van der Waals surface area contributed by atoms with Crippen molar-refractivity contribution in [2.45, 2.75) is 24.2 Å². The Morgan fingerprint density at radius 3 is 2.30 bits per heavy atom. The van der Waals surface area contributed by atoms with Gasteiger partial charge in [-0.25, -0.2) is 8.42 Å². The molecule has 0 radical (unpaired) electrons. The number of nitro benzene ring substituents is 1. The Bertz CT molecular complexity index is 1080. The van der Waals surface area contributed by atoms with E-state index in [0.717, 1.165) is 10.0 Å². The Morgan fingerprint density at radius 1 is 1.07 bits per heavy atom. The van der Waals surface area contributed by atoms with Crippen LogP contribution in [0.1, 0.15) is 19.4 Å². The van der Waals surface area contributed by atoms with E-state index < -0.39 is 26.0 Å². The largest absolute Gasteiger partial charge is 0.339 e. The molecular formula is C20H22BrN3O5S. The maximum absolute atomic E-state index is 13.2. The van der Waals surface area contributed by atoms with Crippen LogP contribution in [0.5, 0.6) is 0 Å². The summed E-state index contributed by atoms with van der Waals surface area (Å²) in [6.45, 7) is 4.27. The van der Waals surface area contributed by atoms with Crippen LogP contribution >= 0.6 is 15.9 Å². The fourth-order valence-corrected chi connectivity index (χ4v) is 5.47. The predicted octanol–water partition coefficient (Wildman–Crippen LogP) is 3.17. The van der Waals surface area contributed by atoms with E-state index in [-0.39, 0.29) is 37.0 Å². The molecule has 0 spiro atoms. The van der Waals surface area contributed by atoms with Gasteiger partial charge in [0.2, 0.25) is 15.9 Å². The second kappa shape index (κ2) is 8.44. The first-order valence-corrected chi connectivity index (χ1v) is 11.6. The molecule has 0 aromatic heterocycles. The van der Waals surface area contributed by atoms with Crippen LogP contribution in [0.25, 0.3) is 0 Å². The average Bonchev–Trinajstić information content (AvgIpc) is 2.73. The molecule has 0 atom stereocenters. The number of piperazine rings is 1. The number of hydrogen-bond acceptors (Lipinski definition) is 5. The zero-order valence-corrected chi connectivity index (χ0v) is 19.0. The molecule has 0 unspecified atom stereocenters. The van der Waals surface area contributed by atoms with E-state index in [2.05, 4.69) is 15.9 Å². The SMILES string of the molecule is CC(C)(C(=O)N1CCN(S(=O)(=O)c2ccccc2[N+](=O)[O-])CC1)c1cccc(Br)c1. The quantitative estimate of drug-likeness (QED) is 0.468. The number of hydrogen-bond donors (Lipinski definition) is 0. The Labute approximate surface area is 183 Å². The van der Waals surface area contributed by atoms with Crippen molar-refractivity contribution < 1.29 is 18.1 Å². The molecule has 10 heteroatoms. The number of nitrogens with zero attached hydrogens (tertiary/aromatic N) is 3. The number of carbonyl (C=O) groups is 1. The molecule has 1 saturated heterocycles. The van der Waals surface area contributed by atoms with Gasteiger partial charge >= 0.3 is 0 Å². The second-order valence-electron chi connectivity index (χ2n) is 7.56. The summed E-state index contributed by atoms with van der Waals surface area (Å²) < 4.78 is 28.0. The molecular weight excluding hydrogens is 474 g/mol. The molecule has 1 heterocycles. The number of nitro groups is 1. The third-order valence-electron chi connectivity index (χ3n) is 5.29. The van der Waals surface area contributed by atoms with Crippen molar-refractivity contribution in [1.29, 1.82) is 0 Å². The van der Waals surface area contributed by atoms with Crippen LogP contribution in [0, 0.1) is 10.1 Å². The number of para-hydroxylation sites is 1. The number of rotatable bonds is 5. The van der Waals surface area contributed by atoms with E-state index >= 15 is 0 Å². The summed E-state index contributed by atoms with van der Waals surface area (Å²) in [5.74, 6) is -0.0941. The molecule has 30 heavy (non-hydrogen) atoms. The third-order valence-corrected chi connectivity index (χ3v) is 7.73. The van der Waals surface area contributed by atoms with E-state index in [9.17, 15) is 23.3 Å². The Balaban J connectivity index is 1.76. The van der Waals surface area contributed by atoms with Crippen LogP contribution in [0.4, 0.5) is 5.69 Å². The highest BCUT2D eigenvalue weighted by atomic mass is 79.9. The van der Waals surface area contributed by atoms with Crippen molar-refractivity contribution >= 4 is 37.5 Å². The summed E-state index contributed by atoms with van der Waals surface area (Å²) in [5.41, 5.74) is -0.369. The molecule has 0 N–H and O–H groups in total. The molecule has 0 saturated carbocycles. The van der Waals surface area contributed by atoms with Gasteiger partial charge < -0.3 is 4.90 Å². The summed E-state index contributed by atoms with van der Waals surface area (Å²) in [6.07, 6.45) is 0. The molecule has 1 amide bonds. The van der Waals surface area contributed by atoms with E-state index in [1.54, 1.807) is 4.90 Å². The molecule has 8 nitrogen and oxygen atoms in total. The summed E-state index contributed by atoms with van der Waals surface area (Å²) in [5, 5.41) is 11.2. The molecule has 1 aliphatic heterocycles. The zero-order valence-electron chi connectivity index (χ0n) is 16.6. The molecule has 1 fully saturated rings. The molecule has 2 aromatic carbocycles. The third kappa shape index (κ3) is 4.26. The van der Waals surface area contributed by atoms with E-state index in [4.69, 9.17) is 0 Å². The van der Waals surface area contributed by atoms with Crippen molar-refractivity contribution in [3.63, 3.8) is 0 Å². The molecule has 2 aromatic rings. The van der Waals surface area contributed by atoms with Crippen LogP contribution in [-0.4, -0.2) is 54.6 Å². The minimum absolute atomic E-state index is 0.0781. The lowest BCUT2D eigenvalue weighted by atomic mass is 9.83. The Hall–Kier alpha value is -2.30. The van der Waals surface area contributed by atoms with E-state index in [1.165, 1.54) is 28.6 Å². The lowest BCUT2D eigenvalue weighted by Crippen LogP contribution is -2.54. The van der Waals surface area contributed by atoms with Crippen molar-refractivity contribution in [1.82, 2.24) is 9.21 Å². The molecule has 1 aliphatic rings. The van der Waals surface area contributed by atoms with Crippen LogP contribution in [0.3, 0.4) is 0 Å². The summed E-state index contributed by atoms with van der Waals surface area (Å²) >= 11 is 3.42. The van der Waals surface area contributed by atoms with Gasteiger partial charge in [0.25, 0.3) is 5.69 Å². The minimum Gasteiger partial charge on any atom is -0.339 e. The highest BCUT2D eigenvalue weighted by Gasteiger charge is 2.38. The predicted molar refractivity (Wildman–Crippen MR) is 116 cm³/mol. The highest BCUT2D eigenvalue weighted by Crippen LogP contribution is 2.30. The van der Waals surface area contributed by atoms with Crippen LogP contribution in [0.15, 0.2) is 57.9 Å². The van der Waals surface area contributed by atoms with Crippen molar-refractivity contribution in [3.05, 3.63) is 68.7 Å². The monoisotopic (exact) mass is 495 g/mol. The Kier molecular flexibility index (Phi) is 6.30. The fraction of sp³-hybridized carbons (Fsp3) is 0.350. The van der Waals surface area contributed by atoms with Crippen LogP contribution in [-0.2, 0) is 20.2 Å². The number of carbonyl (C=O) groups excluding carboxylic acids is 1. The normalized spacial score (nSPS) is 15.8. The standard InChI is InChI=1S/C20H22BrN3O5S/c1-20(2,15-6-5-7-16(21)14-15)19(25)22-10-12-23(13-11-22)30(28,29)18-9-4-3-8-17(18)24(26)27/h3-9,14H,10-13H2,1-2H3. The van der Waals surface area contributed by atoms with Gasteiger partial charge in [-0.3, -0.25) is 14.9 Å². The molecule has 0 bridgehead atoms. The van der Waals surface area contributed by atoms with Gasteiger partial charge in [-0.2, -0.15) is 4.31 Å². The van der Waals surface area contributed by atoms with Crippen LogP contribution in [0.2, 0.25) is 0 Å². The van der Waals surface area contributed by atoms with Gasteiger partial charge in [0, 0.05) is 36.7 Å². The summed E-state index contributed by atoms with van der Waals surface area (Å²) in [6, 6.07) is 12.8. The zero-order chi connectivity index (χ0) is 22.1. The molecule has 160 valence electrons. The van der Waals surface area contributed by atoms with E-state index in [0.29, 0.717) is 0 Å². The van der Waals surface area contributed by atoms with Crippen molar-refractivity contribution in [2.75, 3.05) is 26.2 Å². The number of amides is 1. The van der Waals surface area contributed by atoms with Gasteiger partial charge in [-0.05, 0) is 37.6 Å². The van der Waals surface area contributed by atoms with E-state index in [1.807, 2.05) is 38.1 Å². The van der Waals surface area contributed by atoms with Gasteiger partial charge in [-0.1, -0.05) is 40.2 Å². The van der Waals surface area contributed by atoms with Crippen molar-refractivity contribution in [2.24, 2.45) is 0 Å². The first kappa shape index (κ1) is 22.4. The van der Waals surface area contributed by atoms with Gasteiger partial charge in [0.15, 0.2) is 4.90 Å². The highest BCUT2D eigenvalue weighted by molar-refractivity contribution is 9.10. The first-order valence-electron chi connectivity index (χ1n) is 9.34. The first-order chi connectivity index (χ1) is 14.0. The van der Waals surface area contributed by atoms with Crippen molar-refractivity contribution in [3.8, 4) is 0 Å². The fourth-order valence-electron chi connectivity index (χ4n) is 3.49. The summed E-state index contributed by atoms with van der Waals surface area (Å²) in [4.78, 5) is 25.0. The smallest absolute Gasteiger partial charge is 0.289 e. The van der Waals surface area contributed by atoms with Gasteiger partial charge in [-0.15, -0.1) is 0 Å². The summed E-state index contributed by atoms with van der Waals surface area (Å²) in [7, 11) is -4.03. The minimum atomic E-state index is -4.03.